The van der Waals surface area contributed by atoms with Gasteiger partial charge in [-0.2, -0.15) is 10.5 Å². The van der Waals surface area contributed by atoms with Crippen LogP contribution in [0.4, 0.5) is 21.6 Å². The molecule has 0 spiro atoms. The molecule has 8 rings (SSSR count). The van der Waals surface area contributed by atoms with Gasteiger partial charge in [0, 0.05) is 109 Å². The SMILES string of the molecule is CC(=O)N1CCN(c2ccc(CC(=O)Cc3ccc(-c4ccnc(C)c4)c(C#N)c3)cc2)CC1.CC(=O)N1CCN(c2ccc(N)nc2)CC1.Cc1cc(-c2ccc(CC(=O)O)cc2C#N)ccn1.[2H]CF. The van der Waals surface area contributed by atoms with E-state index >= 15 is 0 Å². The van der Waals surface area contributed by atoms with Crippen LogP contribution in [-0.4, -0.2) is 113 Å². The predicted octanol–water partition coefficient (Wildman–Crippen LogP) is 7.43. The number of rotatable bonds is 10. The molecule has 5 heterocycles. The topological polar surface area (TPSA) is 214 Å². The van der Waals surface area contributed by atoms with E-state index in [1.54, 1.807) is 56.7 Å². The van der Waals surface area contributed by atoms with Gasteiger partial charge in [-0.15, -0.1) is 0 Å². The number of carbonyl (C=O) groups excluding carboxylic acids is 3. The minimum absolute atomic E-state index is 0.0790. The number of halogens is 1. The number of carboxylic acids is 1. The molecule has 0 atom stereocenters. The van der Waals surface area contributed by atoms with Gasteiger partial charge >= 0.3 is 5.97 Å². The third-order valence-electron chi connectivity index (χ3n) is 11.9. The van der Waals surface area contributed by atoms with E-state index in [0.29, 0.717) is 35.3 Å². The van der Waals surface area contributed by atoms with E-state index in [-0.39, 0.29) is 24.0 Å². The van der Waals surface area contributed by atoms with E-state index in [9.17, 15) is 34.1 Å². The number of amides is 2. The fourth-order valence-corrected chi connectivity index (χ4v) is 8.18. The van der Waals surface area contributed by atoms with Crippen LogP contribution in [0.2, 0.25) is 0 Å². The van der Waals surface area contributed by atoms with Crippen LogP contribution in [0.5, 0.6) is 0 Å². The summed E-state index contributed by atoms with van der Waals surface area (Å²) in [6, 6.07) is 34.6. The van der Waals surface area contributed by atoms with E-state index in [0.717, 1.165) is 109 Å². The number of benzene rings is 3. The summed E-state index contributed by atoms with van der Waals surface area (Å²) in [4.78, 5) is 66.7. The van der Waals surface area contributed by atoms with Crippen LogP contribution in [0.1, 0.15) is 54.4 Å². The molecule has 0 saturated carbocycles. The quantitative estimate of drug-likeness (QED) is 0.137. The van der Waals surface area contributed by atoms with E-state index in [1.807, 2.05) is 96.4 Å². The summed E-state index contributed by atoms with van der Waals surface area (Å²) < 4.78 is 15.5. The van der Waals surface area contributed by atoms with Crippen molar-refractivity contribution < 1.29 is 30.0 Å². The number of nitriles is 2. The van der Waals surface area contributed by atoms with E-state index < -0.39 is 13.1 Å². The van der Waals surface area contributed by atoms with Crippen LogP contribution >= 0.6 is 0 Å². The number of pyridine rings is 3. The monoisotopic (exact) mass is 959 g/mol. The maximum Gasteiger partial charge on any atom is 0.307 e. The fraction of sp³-hybridized carbons (Fsp3) is 0.291. The minimum Gasteiger partial charge on any atom is -0.481 e. The maximum atomic E-state index is 12.7. The van der Waals surface area contributed by atoms with E-state index in [1.165, 1.54) is 0 Å². The van der Waals surface area contributed by atoms with Crippen molar-refractivity contribution in [1.29, 1.82) is 10.5 Å². The smallest absolute Gasteiger partial charge is 0.307 e. The number of aryl methyl sites for hydroxylation is 2. The van der Waals surface area contributed by atoms with Gasteiger partial charge in [0.05, 0.1) is 50.1 Å². The maximum absolute atomic E-state index is 12.7. The van der Waals surface area contributed by atoms with Crippen molar-refractivity contribution in [3.05, 3.63) is 155 Å². The normalized spacial score (nSPS) is 13.0. The molecule has 2 saturated heterocycles. The second kappa shape index (κ2) is 26.3. The molecule has 2 aliphatic heterocycles. The molecule has 0 radical (unpaired) electrons. The summed E-state index contributed by atoms with van der Waals surface area (Å²) >= 11 is 0. The van der Waals surface area contributed by atoms with E-state index in [2.05, 4.69) is 36.9 Å². The second-order valence-electron chi connectivity index (χ2n) is 16.9. The van der Waals surface area contributed by atoms with Gasteiger partial charge in [-0.25, -0.2) is 4.98 Å². The number of nitrogen functional groups attached to an aromatic ring is 1. The average molecular weight is 960 g/mol. The number of aliphatic carboxylic acids is 1. The van der Waals surface area contributed by atoms with Gasteiger partial charge in [0.15, 0.2) is 0 Å². The van der Waals surface area contributed by atoms with Crippen molar-refractivity contribution >= 4 is 40.8 Å². The third kappa shape index (κ3) is 15.8. The van der Waals surface area contributed by atoms with Gasteiger partial charge < -0.3 is 30.4 Å². The molecule has 6 aromatic rings. The van der Waals surface area contributed by atoms with Crippen molar-refractivity contribution in [1.82, 2.24) is 24.8 Å². The van der Waals surface area contributed by atoms with Gasteiger partial charge in [-0.05, 0) is 113 Å². The van der Waals surface area contributed by atoms with Crippen LogP contribution in [0.15, 0.2) is 116 Å². The van der Waals surface area contributed by atoms with Crippen molar-refractivity contribution in [2.45, 2.75) is 47.0 Å². The zero-order valence-electron chi connectivity index (χ0n) is 41.5. The lowest BCUT2D eigenvalue weighted by Crippen LogP contribution is -2.48. The first-order valence-corrected chi connectivity index (χ1v) is 22.9. The Labute approximate surface area is 416 Å². The first-order chi connectivity index (χ1) is 34.6. The average Bonchev–Trinajstić information content (AvgIpc) is 3.37. The van der Waals surface area contributed by atoms with Crippen LogP contribution in [0, 0.1) is 36.5 Å². The Morgan fingerprint density at radius 2 is 1.04 bits per heavy atom. The Morgan fingerprint density at radius 1 is 0.620 bits per heavy atom. The molecule has 3 N–H and O–H groups in total. The molecular formula is C55H59FN10O5. The molecule has 16 heteroatoms. The molecule has 71 heavy (non-hydrogen) atoms. The number of hydrogen-bond donors (Lipinski definition) is 2. The molecular weight excluding hydrogens is 900 g/mol. The van der Waals surface area contributed by atoms with Crippen LogP contribution in [0.25, 0.3) is 22.3 Å². The highest BCUT2D eigenvalue weighted by atomic mass is 19.1. The second-order valence-corrected chi connectivity index (χ2v) is 16.9. The van der Waals surface area contributed by atoms with E-state index in [4.69, 9.17) is 12.2 Å². The molecule has 3 aromatic carbocycles. The largest absolute Gasteiger partial charge is 0.481 e. The fourth-order valence-electron chi connectivity index (χ4n) is 8.18. The lowest BCUT2D eigenvalue weighted by molar-refractivity contribution is -0.136. The summed E-state index contributed by atoms with van der Waals surface area (Å²) in [7, 11) is -1.00. The standard InChI is InChI=1S/C28H28N4O2.C15H12N2O2.C11H16N4O.CH3F/c1-20-15-24(9-10-30-20)28-8-5-23(16-25(28)19-29)18-27(34)17-22-3-6-26(7-4-22)32-13-11-31(12-14-32)21(2)33;1-10-6-12(4-5-17-10)14-3-2-11(8-15(18)19)7-13(14)9-16;1-9(16)14-4-6-15(7-5-14)10-2-3-11(12)13-8-10;1-2/h3-10,15-16H,11-14,17-18H2,1-2H3;2-7H,8H2,1H3,(H,18,19);2-3,8H,4-7H2,1H3,(H2,12,13);1H3/i;;;1D. The number of carboxylic acid groups (broad SMARTS) is 1. The number of nitrogens with zero attached hydrogens (tertiary/aromatic N) is 9. The summed E-state index contributed by atoms with van der Waals surface area (Å²) in [6.07, 6.45) is 5.77. The van der Waals surface area contributed by atoms with Gasteiger partial charge in [-0.1, -0.05) is 36.4 Å². The molecule has 2 fully saturated rings. The number of nitrogens with two attached hydrogens (primary N) is 1. The lowest BCUT2D eigenvalue weighted by atomic mass is 9.95. The molecule has 15 nitrogen and oxygen atoms in total. The van der Waals surface area contributed by atoms with Crippen molar-refractivity contribution in [3.8, 4) is 34.4 Å². The molecule has 2 amide bonds. The molecule has 0 unspecified atom stereocenters. The highest BCUT2D eigenvalue weighted by Gasteiger charge is 2.20. The van der Waals surface area contributed by atoms with Crippen molar-refractivity contribution in [3.63, 3.8) is 0 Å². The van der Waals surface area contributed by atoms with Crippen molar-refractivity contribution in [2.24, 2.45) is 0 Å². The Morgan fingerprint density at radius 3 is 1.45 bits per heavy atom. The number of Topliss-reactive ketones (excluding diaryl/α,β-unsaturated/α-hetero) is 1. The summed E-state index contributed by atoms with van der Waals surface area (Å²) in [5.41, 5.74) is 16.5. The first kappa shape index (κ1) is 51.9. The Kier molecular flexibility index (Phi) is 19.2. The van der Waals surface area contributed by atoms with Crippen molar-refractivity contribution in [2.75, 3.05) is 75.0 Å². The van der Waals surface area contributed by atoms with Gasteiger partial charge in [0.2, 0.25) is 11.8 Å². The highest BCUT2D eigenvalue weighted by Crippen LogP contribution is 2.27. The zero-order chi connectivity index (χ0) is 52.2. The zero-order valence-corrected chi connectivity index (χ0v) is 40.5. The molecule has 2 aliphatic rings. The molecule has 0 aliphatic carbocycles. The summed E-state index contributed by atoms with van der Waals surface area (Å²) in [5, 5.41) is 27.6. The predicted molar refractivity (Wildman–Crippen MR) is 273 cm³/mol. The first-order valence-electron chi connectivity index (χ1n) is 23.6. The molecule has 3 aromatic heterocycles. The van der Waals surface area contributed by atoms with Crippen LogP contribution in [-0.2, 0) is 38.4 Å². The minimum atomic E-state index is -1.00. The molecule has 366 valence electrons. The number of anilines is 3. The Hall–Kier alpha value is -8.50. The summed E-state index contributed by atoms with van der Waals surface area (Å²) in [5.74, 6) is 0.00863. The van der Waals surface area contributed by atoms with Gasteiger partial charge in [-0.3, -0.25) is 33.5 Å². The Balaban J connectivity index is 0.000000213. The highest BCUT2D eigenvalue weighted by molar-refractivity contribution is 5.84. The van der Waals surface area contributed by atoms with Crippen LogP contribution < -0.4 is 15.5 Å². The van der Waals surface area contributed by atoms with Crippen LogP contribution in [0.3, 0.4) is 0 Å². The number of carbonyl (C=O) groups is 4. The Bertz CT molecular complexity index is 2890. The van der Waals surface area contributed by atoms with Gasteiger partial charge in [0.25, 0.3) is 0 Å². The number of alkyl halides is 1. The number of hydrogen-bond acceptors (Lipinski definition) is 12. The lowest BCUT2D eigenvalue weighted by Gasteiger charge is -2.35. The number of piperazine rings is 2. The van der Waals surface area contributed by atoms with Gasteiger partial charge in [0.1, 0.15) is 11.6 Å². The number of ketones is 1. The third-order valence-corrected chi connectivity index (χ3v) is 11.9. The number of aromatic nitrogens is 3. The summed E-state index contributed by atoms with van der Waals surface area (Å²) in [6.45, 7) is 13.4. The molecule has 0 bridgehead atoms.